The molecule has 0 radical (unpaired) electrons. The standard InChI is InChI=1S/C18H14ClFN2O3S/c19-13-9-11(5-6-14(13)20)22-18(24)17(23)21-10-12(15-3-1-7-25-15)16-4-2-8-26-16/h1-9,12H,10H2,(H,21,23)(H,22,24)/t12-/m1/s1. The number of nitrogens with one attached hydrogen (secondary N) is 2. The lowest BCUT2D eigenvalue weighted by molar-refractivity contribution is -0.136. The summed E-state index contributed by atoms with van der Waals surface area (Å²) in [4.78, 5) is 25.1. The Morgan fingerprint density at radius 3 is 2.69 bits per heavy atom. The van der Waals surface area contributed by atoms with E-state index in [1.165, 1.54) is 23.5 Å². The number of rotatable bonds is 5. The van der Waals surface area contributed by atoms with E-state index < -0.39 is 17.6 Å². The molecule has 0 aliphatic carbocycles. The van der Waals surface area contributed by atoms with E-state index in [-0.39, 0.29) is 23.2 Å². The molecule has 0 aliphatic heterocycles. The average molecular weight is 393 g/mol. The molecule has 3 aromatic rings. The molecule has 8 heteroatoms. The molecule has 0 spiro atoms. The molecule has 3 rings (SSSR count). The summed E-state index contributed by atoms with van der Waals surface area (Å²) in [6.45, 7) is 0.199. The molecule has 1 aromatic carbocycles. The normalized spacial score (nSPS) is 11.8. The number of furan rings is 1. The Morgan fingerprint density at radius 2 is 2.04 bits per heavy atom. The maximum atomic E-state index is 13.1. The Labute approximate surface area is 157 Å². The number of hydrogen-bond donors (Lipinski definition) is 2. The van der Waals surface area contributed by atoms with E-state index >= 15 is 0 Å². The highest BCUT2D eigenvalue weighted by Crippen LogP contribution is 2.28. The van der Waals surface area contributed by atoms with Crippen LogP contribution in [-0.2, 0) is 9.59 Å². The molecular formula is C18H14ClFN2O3S. The number of benzene rings is 1. The van der Waals surface area contributed by atoms with Crippen molar-refractivity contribution in [3.05, 3.63) is 75.6 Å². The van der Waals surface area contributed by atoms with E-state index in [9.17, 15) is 14.0 Å². The number of carbonyl (C=O) groups excluding carboxylic acids is 2. The van der Waals surface area contributed by atoms with Crippen molar-refractivity contribution in [1.82, 2.24) is 5.32 Å². The molecule has 0 unspecified atom stereocenters. The van der Waals surface area contributed by atoms with Crippen molar-refractivity contribution in [3.8, 4) is 0 Å². The monoisotopic (exact) mass is 392 g/mol. The second-order valence-corrected chi connectivity index (χ2v) is 6.76. The highest BCUT2D eigenvalue weighted by molar-refractivity contribution is 7.10. The molecule has 134 valence electrons. The molecule has 2 heterocycles. The van der Waals surface area contributed by atoms with Gasteiger partial charge in [-0.15, -0.1) is 11.3 Å². The van der Waals surface area contributed by atoms with E-state index in [4.69, 9.17) is 16.0 Å². The van der Waals surface area contributed by atoms with Crippen molar-refractivity contribution >= 4 is 40.4 Å². The van der Waals surface area contributed by atoms with Crippen LogP contribution in [0.15, 0.2) is 58.5 Å². The van der Waals surface area contributed by atoms with Gasteiger partial charge >= 0.3 is 11.8 Å². The van der Waals surface area contributed by atoms with Crippen LogP contribution >= 0.6 is 22.9 Å². The molecule has 2 amide bonds. The topological polar surface area (TPSA) is 71.3 Å². The van der Waals surface area contributed by atoms with Crippen LogP contribution in [0, 0.1) is 5.82 Å². The van der Waals surface area contributed by atoms with Crippen LogP contribution in [0.2, 0.25) is 5.02 Å². The van der Waals surface area contributed by atoms with Gasteiger partial charge in [0.15, 0.2) is 0 Å². The Bertz CT molecular complexity index is 863. The molecule has 0 bridgehead atoms. The fraction of sp³-hybridized carbons (Fsp3) is 0.111. The highest BCUT2D eigenvalue weighted by atomic mass is 35.5. The fourth-order valence-corrected chi connectivity index (χ4v) is 3.37. The number of carbonyl (C=O) groups is 2. The predicted octanol–water partition coefficient (Wildman–Crippen LogP) is 4.02. The molecular weight excluding hydrogens is 379 g/mol. The smallest absolute Gasteiger partial charge is 0.313 e. The van der Waals surface area contributed by atoms with Gasteiger partial charge in [-0.1, -0.05) is 17.7 Å². The first-order valence-electron chi connectivity index (χ1n) is 7.65. The predicted molar refractivity (Wildman–Crippen MR) is 97.9 cm³/mol. The average Bonchev–Trinajstić information content (AvgIpc) is 3.32. The summed E-state index contributed by atoms with van der Waals surface area (Å²) >= 11 is 7.19. The number of amides is 2. The summed E-state index contributed by atoms with van der Waals surface area (Å²) < 4.78 is 18.6. The zero-order valence-electron chi connectivity index (χ0n) is 13.4. The van der Waals surface area contributed by atoms with Crippen molar-refractivity contribution in [2.45, 2.75) is 5.92 Å². The van der Waals surface area contributed by atoms with E-state index in [1.54, 1.807) is 12.3 Å². The van der Waals surface area contributed by atoms with Gasteiger partial charge in [0.05, 0.1) is 17.2 Å². The van der Waals surface area contributed by atoms with E-state index in [1.807, 2.05) is 23.6 Å². The minimum atomic E-state index is -0.864. The maximum absolute atomic E-state index is 13.1. The zero-order chi connectivity index (χ0) is 18.5. The molecule has 26 heavy (non-hydrogen) atoms. The molecule has 0 saturated carbocycles. The van der Waals surface area contributed by atoms with Gasteiger partial charge in [0, 0.05) is 17.1 Å². The van der Waals surface area contributed by atoms with E-state index in [0.29, 0.717) is 5.76 Å². The largest absolute Gasteiger partial charge is 0.469 e. The van der Waals surface area contributed by atoms with Gasteiger partial charge in [0.2, 0.25) is 0 Å². The first-order valence-corrected chi connectivity index (χ1v) is 8.91. The van der Waals surface area contributed by atoms with Crippen LogP contribution in [0.1, 0.15) is 16.6 Å². The minimum absolute atomic E-state index is 0.140. The number of halogens is 2. The first-order chi connectivity index (χ1) is 12.5. The van der Waals surface area contributed by atoms with Gasteiger partial charge in [-0.3, -0.25) is 9.59 Å². The van der Waals surface area contributed by atoms with E-state index in [0.717, 1.165) is 10.9 Å². The van der Waals surface area contributed by atoms with Crippen LogP contribution in [0.5, 0.6) is 0 Å². The lowest BCUT2D eigenvalue weighted by atomic mass is 10.0. The van der Waals surface area contributed by atoms with Gasteiger partial charge in [0.1, 0.15) is 11.6 Å². The summed E-state index contributed by atoms with van der Waals surface area (Å²) in [5.41, 5.74) is 0.234. The van der Waals surface area contributed by atoms with Crippen molar-refractivity contribution in [2.24, 2.45) is 0 Å². The summed E-state index contributed by atoms with van der Waals surface area (Å²) in [6, 6.07) is 11.1. The second-order valence-electron chi connectivity index (χ2n) is 5.38. The van der Waals surface area contributed by atoms with E-state index in [2.05, 4.69) is 10.6 Å². The fourth-order valence-electron chi connectivity index (χ4n) is 2.36. The van der Waals surface area contributed by atoms with Crippen molar-refractivity contribution in [2.75, 3.05) is 11.9 Å². The third-order valence-electron chi connectivity index (χ3n) is 3.62. The Kier molecular flexibility index (Phi) is 5.70. The molecule has 0 saturated heterocycles. The summed E-state index contributed by atoms with van der Waals surface area (Å²) in [7, 11) is 0. The van der Waals surface area contributed by atoms with Crippen molar-refractivity contribution < 1.29 is 18.4 Å². The van der Waals surface area contributed by atoms with Gasteiger partial charge in [-0.25, -0.2) is 4.39 Å². The van der Waals surface area contributed by atoms with Gasteiger partial charge in [-0.2, -0.15) is 0 Å². The molecule has 2 N–H and O–H groups in total. The second kappa shape index (κ2) is 8.16. The zero-order valence-corrected chi connectivity index (χ0v) is 14.9. The SMILES string of the molecule is O=C(NC[C@H](c1ccco1)c1cccs1)C(=O)Nc1ccc(F)c(Cl)c1. The lowest BCUT2D eigenvalue weighted by Crippen LogP contribution is -2.37. The van der Waals surface area contributed by atoms with Crippen LogP contribution in [0.3, 0.4) is 0 Å². The van der Waals surface area contributed by atoms with Crippen molar-refractivity contribution in [3.63, 3.8) is 0 Å². The highest BCUT2D eigenvalue weighted by Gasteiger charge is 2.21. The quantitative estimate of drug-likeness (QED) is 0.644. The van der Waals surface area contributed by atoms with Gasteiger partial charge in [0.25, 0.3) is 0 Å². The Balaban J connectivity index is 1.63. The summed E-state index contributed by atoms with van der Waals surface area (Å²) in [5, 5.41) is 6.76. The molecule has 0 fully saturated rings. The Morgan fingerprint density at radius 1 is 1.19 bits per heavy atom. The summed E-state index contributed by atoms with van der Waals surface area (Å²) in [5.74, 6) is -1.78. The van der Waals surface area contributed by atoms with Crippen LogP contribution < -0.4 is 10.6 Å². The number of thiophene rings is 1. The lowest BCUT2D eigenvalue weighted by Gasteiger charge is -2.14. The third-order valence-corrected chi connectivity index (χ3v) is 4.90. The Hall–Kier alpha value is -2.64. The third kappa shape index (κ3) is 4.30. The number of hydrogen-bond acceptors (Lipinski definition) is 4. The van der Waals surface area contributed by atoms with Crippen LogP contribution in [0.25, 0.3) is 0 Å². The first kappa shape index (κ1) is 18.2. The minimum Gasteiger partial charge on any atom is -0.469 e. The van der Waals surface area contributed by atoms with Crippen LogP contribution in [-0.4, -0.2) is 18.4 Å². The van der Waals surface area contributed by atoms with Gasteiger partial charge in [-0.05, 0) is 41.8 Å². The van der Waals surface area contributed by atoms with Gasteiger partial charge < -0.3 is 15.1 Å². The number of anilines is 1. The molecule has 0 aliphatic rings. The molecule has 5 nitrogen and oxygen atoms in total. The molecule has 1 atom stereocenters. The maximum Gasteiger partial charge on any atom is 0.313 e. The van der Waals surface area contributed by atoms with Crippen molar-refractivity contribution in [1.29, 1.82) is 0 Å². The summed E-state index contributed by atoms with van der Waals surface area (Å²) in [6.07, 6.45) is 1.56. The van der Waals surface area contributed by atoms with Crippen LogP contribution in [0.4, 0.5) is 10.1 Å². The molecule has 2 aromatic heterocycles.